The fourth-order valence-corrected chi connectivity index (χ4v) is 2.51. The van der Waals surface area contributed by atoms with Crippen LogP contribution in [0.25, 0.3) is 0 Å². The quantitative estimate of drug-likeness (QED) is 0.670. The van der Waals surface area contributed by atoms with E-state index < -0.39 is 44.0 Å². The number of aromatic nitrogens is 2. The monoisotopic (exact) mass is 323 g/mol. The van der Waals surface area contributed by atoms with E-state index >= 15 is 0 Å². The van der Waals surface area contributed by atoms with Crippen molar-refractivity contribution in [2.75, 3.05) is 4.72 Å². The summed E-state index contributed by atoms with van der Waals surface area (Å²) in [4.78, 5) is 6.11. The first-order valence-corrected chi connectivity index (χ1v) is 7.14. The van der Waals surface area contributed by atoms with Crippen LogP contribution in [0.15, 0.2) is 17.3 Å². The molecule has 0 saturated carbocycles. The van der Waals surface area contributed by atoms with Gasteiger partial charge in [-0.05, 0) is 0 Å². The first-order chi connectivity index (χ1) is 9.76. The van der Waals surface area contributed by atoms with Gasteiger partial charge in [-0.3, -0.25) is 4.72 Å². The van der Waals surface area contributed by atoms with Gasteiger partial charge in [-0.25, -0.2) is 22.5 Å². The number of H-pyrrole nitrogens is 1. The van der Waals surface area contributed by atoms with Crippen molar-refractivity contribution in [2.45, 2.75) is 18.4 Å². The van der Waals surface area contributed by atoms with Crippen LogP contribution >= 0.6 is 0 Å². The summed E-state index contributed by atoms with van der Waals surface area (Å²) in [6, 6.07) is -0.0200. The van der Waals surface area contributed by atoms with E-state index in [2.05, 4.69) is 9.97 Å². The molecule has 0 fully saturated rings. The minimum atomic E-state index is -4.46. The molecule has 21 heavy (non-hydrogen) atoms. The van der Waals surface area contributed by atoms with Crippen molar-refractivity contribution in [1.29, 1.82) is 0 Å². The molecular formula is C11H9F4N3O2S. The Hall–Kier alpha value is -2.10. The first-order valence-electron chi connectivity index (χ1n) is 5.66. The number of rotatable bonds is 4. The van der Waals surface area contributed by atoms with E-state index in [9.17, 15) is 26.0 Å². The number of halogens is 4. The maximum absolute atomic E-state index is 13.4. The summed E-state index contributed by atoms with van der Waals surface area (Å²) >= 11 is 0. The van der Waals surface area contributed by atoms with Crippen LogP contribution in [0.2, 0.25) is 0 Å². The summed E-state index contributed by atoms with van der Waals surface area (Å²) < 4.78 is 78.1. The Balaban J connectivity index is 2.46. The van der Waals surface area contributed by atoms with E-state index in [1.54, 1.807) is 6.92 Å². The van der Waals surface area contributed by atoms with Crippen molar-refractivity contribution < 1.29 is 26.0 Å². The zero-order valence-electron chi connectivity index (χ0n) is 10.5. The molecule has 0 aliphatic rings. The van der Waals surface area contributed by atoms with Gasteiger partial charge in [-0.15, -0.1) is 0 Å². The van der Waals surface area contributed by atoms with Crippen LogP contribution in [0.5, 0.6) is 0 Å². The fourth-order valence-electron chi connectivity index (χ4n) is 1.51. The first kappa shape index (κ1) is 15.3. The van der Waals surface area contributed by atoms with E-state index in [0.717, 1.165) is 6.20 Å². The van der Waals surface area contributed by atoms with Crippen LogP contribution in [-0.4, -0.2) is 18.4 Å². The van der Waals surface area contributed by atoms with Crippen molar-refractivity contribution in [3.8, 4) is 0 Å². The Kier molecular flexibility index (Phi) is 3.90. The number of benzene rings is 1. The summed E-state index contributed by atoms with van der Waals surface area (Å²) in [6.07, 6.45) is 1.32. The van der Waals surface area contributed by atoms with Gasteiger partial charge in [0, 0.05) is 12.5 Å². The lowest BCUT2D eigenvalue weighted by Gasteiger charge is -2.09. The molecule has 0 bridgehead atoms. The summed E-state index contributed by atoms with van der Waals surface area (Å²) in [6.45, 7) is 1.70. The number of anilines is 1. The van der Waals surface area contributed by atoms with Crippen molar-refractivity contribution in [2.24, 2.45) is 0 Å². The Morgan fingerprint density at radius 3 is 2.24 bits per heavy atom. The van der Waals surface area contributed by atoms with Crippen LogP contribution < -0.4 is 4.72 Å². The SMILES string of the molecule is CCc1ncc(S(=O)(=O)Nc2c(F)c(F)cc(F)c2F)[nH]1. The number of nitrogens with one attached hydrogen (secondary N) is 2. The van der Waals surface area contributed by atoms with Gasteiger partial charge in [-0.2, -0.15) is 8.42 Å². The largest absolute Gasteiger partial charge is 0.332 e. The van der Waals surface area contributed by atoms with Gasteiger partial charge in [0.15, 0.2) is 28.3 Å². The van der Waals surface area contributed by atoms with Gasteiger partial charge in [-0.1, -0.05) is 6.92 Å². The van der Waals surface area contributed by atoms with Crippen molar-refractivity contribution >= 4 is 15.7 Å². The van der Waals surface area contributed by atoms with E-state index in [0.29, 0.717) is 12.2 Å². The second-order valence-electron chi connectivity index (χ2n) is 4.00. The van der Waals surface area contributed by atoms with Gasteiger partial charge >= 0.3 is 0 Å². The number of sulfonamides is 1. The minimum absolute atomic E-state index is 0.0200. The second kappa shape index (κ2) is 5.35. The van der Waals surface area contributed by atoms with E-state index in [1.165, 1.54) is 4.72 Å². The number of nitrogens with zero attached hydrogens (tertiary/aromatic N) is 1. The predicted octanol–water partition coefficient (Wildman–Crippen LogP) is 2.33. The predicted molar refractivity (Wildman–Crippen MR) is 65.0 cm³/mol. The van der Waals surface area contributed by atoms with Crippen molar-refractivity contribution in [3.63, 3.8) is 0 Å². The van der Waals surface area contributed by atoms with E-state index in [-0.39, 0.29) is 6.07 Å². The van der Waals surface area contributed by atoms with Crippen molar-refractivity contribution in [3.05, 3.63) is 41.4 Å². The normalized spacial score (nSPS) is 11.7. The minimum Gasteiger partial charge on any atom is -0.332 e. The van der Waals surface area contributed by atoms with Crippen LogP contribution in [0, 0.1) is 23.3 Å². The summed E-state index contributed by atoms with van der Waals surface area (Å²) in [7, 11) is -4.46. The molecule has 0 unspecified atom stereocenters. The molecule has 5 nitrogen and oxygen atoms in total. The average Bonchev–Trinajstić information content (AvgIpc) is 2.91. The topological polar surface area (TPSA) is 74.8 Å². The Bertz CT molecular complexity index is 763. The van der Waals surface area contributed by atoms with Gasteiger partial charge in [0.1, 0.15) is 11.5 Å². The molecule has 2 aromatic rings. The molecule has 10 heteroatoms. The molecule has 2 N–H and O–H groups in total. The number of hydrogen-bond acceptors (Lipinski definition) is 3. The lowest BCUT2D eigenvalue weighted by molar-refractivity contribution is 0.459. The molecule has 1 aromatic carbocycles. The van der Waals surface area contributed by atoms with E-state index in [1.807, 2.05) is 0 Å². The Morgan fingerprint density at radius 1 is 1.19 bits per heavy atom. The number of aromatic amines is 1. The molecule has 0 aliphatic carbocycles. The van der Waals surface area contributed by atoms with Gasteiger partial charge in [0.25, 0.3) is 10.0 Å². The number of hydrogen-bond donors (Lipinski definition) is 2. The van der Waals surface area contributed by atoms with Crippen LogP contribution in [0.1, 0.15) is 12.7 Å². The fraction of sp³-hybridized carbons (Fsp3) is 0.182. The van der Waals surface area contributed by atoms with Gasteiger partial charge < -0.3 is 4.98 Å². The molecule has 0 aliphatic heterocycles. The average molecular weight is 323 g/mol. The zero-order valence-corrected chi connectivity index (χ0v) is 11.4. The third-order valence-corrected chi connectivity index (χ3v) is 3.84. The van der Waals surface area contributed by atoms with Crippen LogP contribution in [0.4, 0.5) is 23.2 Å². The highest BCUT2D eigenvalue weighted by atomic mass is 32.2. The number of aryl methyl sites for hydroxylation is 1. The molecule has 0 atom stereocenters. The standard InChI is InChI=1S/C11H9F4N3O2S/c1-2-7-16-4-8(17-7)21(19,20)18-11-9(14)5(12)3-6(13)10(11)15/h3-4,18H,2H2,1H3,(H,16,17). The van der Waals surface area contributed by atoms with Crippen LogP contribution in [0.3, 0.4) is 0 Å². The molecule has 1 heterocycles. The summed E-state index contributed by atoms with van der Waals surface area (Å²) in [5.74, 6) is -6.79. The Labute approximate surface area is 117 Å². The molecule has 0 radical (unpaired) electrons. The molecule has 0 saturated heterocycles. The molecule has 1 aromatic heterocycles. The second-order valence-corrected chi connectivity index (χ2v) is 5.65. The highest BCUT2D eigenvalue weighted by Crippen LogP contribution is 2.26. The number of imidazole rings is 1. The van der Waals surface area contributed by atoms with Crippen LogP contribution in [-0.2, 0) is 16.4 Å². The highest BCUT2D eigenvalue weighted by Gasteiger charge is 2.25. The third-order valence-electron chi connectivity index (χ3n) is 2.58. The highest BCUT2D eigenvalue weighted by molar-refractivity contribution is 7.92. The smallest absolute Gasteiger partial charge is 0.279 e. The molecule has 0 amide bonds. The van der Waals surface area contributed by atoms with Gasteiger partial charge in [0.2, 0.25) is 0 Å². The Morgan fingerprint density at radius 2 is 1.76 bits per heavy atom. The lowest BCUT2D eigenvalue weighted by Crippen LogP contribution is -2.17. The molecular weight excluding hydrogens is 314 g/mol. The third kappa shape index (κ3) is 2.84. The summed E-state index contributed by atoms with van der Waals surface area (Å²) in [5, 5.41) is -0.484. The molecule has 114 valence electrons. The van der Waals surface area contributed by atoms with Gasteiger partial charge in [0.05, 0.1) is 6.20 Å². The van der Waals surface area contributed by atoms with E-state index in [4.69, 9.17) is 0 Å². The molecule has 2 rings (SSSR count). The maximum atomic E-state index is 13.4. The van der Waals surface area contributed by atoms with Crippen molar-refractivity contribution in [1.82, 2.24) is 9.97 Å². The summed E-state index contributed by atoms with van der Waals surface area (Å²) in [5.41, 5.74) is -1.43. The maximum Gasteiger partial charge on any atom is 0.279 e. The zero-order chi connectivity index (χ0) is 15.8. The molecule has 0 spiro atoms. The lowest BCUT2D eigenvalue weighted by atomic mass is 10.3.